The minimum absolute atomic E-state index is 0.0313. The zero-order valence-electron chi connectivity index (χ0n) is 22.4. The van der Waals surface area contributed by atoms with Crippen LogP contribution in [0.3, 0.4) is 0 Å². The van der Waals surface area contributed by atoms with Crippen LogP contribution in [-0.2, 0) is 11.3 Å². The van der Waals surface area contributed by atoms with E-state index in [4.69, 9.17) is 4.74 Å². The summed E-state index contributed by atoms with van der Waals surface area (Å²) in [6, 6.07) is 17.9. The van der Waals surface area contributed by atoms with Crippen LogP contribution in [0.1, 0.15) is 50.8 Å². The van der Waals surface area contributed by atoms with E-state index in [2.05, 4.69) is 34.0 Å². The summed E-state index contributed by atoms with van der Waals surface area (Å²) in [6.07, 6.45) is 8.73. The van der Waals surface area contributed by atoms with Gasteiger partial charge in [0, 0.05) is 37.9 Å². The third-order valence-corrected chi connectivity index (χ3v) is 8.02. The average molecular weight is 518 g/mol. The molecular formula is C30H39N5O3. The number of benzene rings is 2. The zero-order valence-corrected chi connectivity index (χ0v) is 22.4. The van der Waals surface area contributed by atoms with Gasteiger partial charge in [-0.05, 0) is 56.0 Å². The maximum atomic E-state index is 13.4. The summed E-state index contributed by atoms with van der Waals surface area (Å²) in [5.41, 5.74) is 2.21. The minimum Gasteiger partial charge on any atom is -0.508 e. The summed E-state index contributed by atoms with van der Waals surface area (Å²) in [6.45, 7) is 8.54. The molecule has 1 saturated heterocycles. The van der Waals surface area contributed by atoms with E-state index in [1.807, 2.05) is 49.4 Å². The van der Waals surface area contributed by atoms with E-state index in [0.29, 0.717) is 18.4 Å². The molecule has 3 aromatic rings. The topological polar surface area (TPSA) is 75.8 Å². The van der Waals surface area contributed by atoms with Gasteiger partial charge in [-0.25, -0.2) is 9.48 Å². The number of phenolic OH excluding ortho intramolecular Hbond substituents is 1. The summed E-state index contributed by atoms with van der Waals surface area (Å²) in [5.74, 6) is 0.301. The highest BCUT2D eigenvalue weighted by Crippen LogP contribution is 2.27. The van der Waals surface area contributed by atoms with Crippen LogP contribution >= 0.6 is 0 Å². The van der Waals surface area contributed by atoms with Gasteiger partial charge in [0.15, 0.2) is 0 Å². The number of allylic oxidation sites excluding steroid dienone is 1. The van der Waals surface area contributed by atoms with Gasteiger partial charge in [-0.1, -0.05) is 49.4 Å². The molecule has 38 heavy (non-hydrogen) atoms. The van der Waals surface area contributed by atoms with E-state index in [-0.39, 0.29) is 23.9 Å². The van der Waals surface area contributed by atoms with Crippen LogP contribution in [0.15, 0.2) is 77.9 Å². The lowest BCUT2D eigenvalue weighted by Gasteiger charge is -2.40. The van der Waals surface area contributed by atoms with Gasteiger partial charge in [-0.2, -0.15) is 5.10 Å². The second-order valence-electron chi connectivity index (χ2n) is 10.4. The summed E-state index contributed by atoms with van der Waals surface area (Å²) in [7, 11) is 0. The van der Waals surface area contributed by atoms with Gasteiger partial charge >= 0.3 is 5.69 Å². The predicted molar refractivity (Wildman–Crippen MR) is 150 cm³/mol. The Labute approximate surface area is 224 Å². The summed E-state index contributed by atoms with van der Waals surface area (Å²) < 4.78 is 9.51. The Morgan fingerprint density at radius 2 is 1.66 bits per heavy atom. The van der Waals surface area contributed by atoms with Crippen molar-refractivity contribution in [3.05, 3.63) is 89.1 Å². The Kier molecular flexibility index (Phi) is 8.29. The minimum atomic E-state index is -0.132. The molecule has 0 unspecified atom stereocenters. The van der Waals surface area contributed by atoms with Crippen molar-refractivity contribution in [3.63, 3.8) is 0 Å². The first-order valence-corrected chi connectivity index (χ1v) is 13.8. The highest BCUT2D eigenvalue weighted by molar-refractivity contribution is 5.49. The molecule has 5 rings (SSSR count). The molecule has 1 aliphatic carbocycles. The molecule has 4 atom stereocenters. The van der Waals surface area contributed by atoms with Crippen LogP contribution in [0, 0.1) is 0 Å². The number of ether oxygens (including phenoxy) is 1. The van der Waals surface area contributed by atoms with E-state index in [9.17, 15) is 9.90 Å². The number of hydrogen-bond acceptors (Lipinski definition) is 6. The third kappa shape index (κ3) is 5.87. The third-order valence-electron chi connectivity index (χ3n) is 8.02. The van der Waals surface area contributed by atoms with Crippen molar-refractivity contribution in [1.82, 2.24) is 19.2 Å². The van der Waals surface area contributed by atoms with Crippen LogP contribution in [0.4, 0.5) is 5.69 Å². The fraction of sp³-hybridized carbons (Fsp3) is 0.467. The molecule has 2 aliphatic rings. The molecule has 0 radical (unpaired) electrons. The van der Waals surface area contributed by atoms with Crippen molar-refractivity contribution in [3.8, 4) is 5.75 Å². The van der Waals surface area contributed by atoms with Gasteiger partial charge in [0.1, 0.15) is 12.1 Å². The van der Waals surface area contributed by atoms with Gasteiger partial charge < -0.3 is 14.7 Å². The molecule has 8 nitrogen and oxygen atoms in total. The molecular weight excluding hydrogens is 478 g/mol. The fourth-order valence-electron chi connectivity index (χ4n) is 5.70. The maximum absolute atomic E-state index is 13.4. The summed E-state index contributed by atoms with van der Waals surface area (Å²) in [5, 5.41) is 14.1. The highest BCUT2D eigenvalue weighted by Gasteiger charge is 2.28. The van der Waals surface area contributed by atoms with Crippen molar-refractivity contribution in [1.29, 1.82) is 0 Å². The maximum Gasteiger partial charge on any atom is 0.346 e. The second-order valence-corrected chi connectivity index (χ2v) is 10.4. The van der Waals surface area contributed by atoms with Crippen LogP contribution in [0.25, 0.3) is 0 Å². The van der Waals surface area contributed by atoms with E-state index < -0.39 is 0 Å². The molecule has 0 amide bonds. The number of aromatic nitrogens is 3. The molecule has 0 spiro atoms. The zero-order chi connectivity index (χ0) is 26.5. The van der Waals surface area contributed by atoms with Crippen LogP contribution in [0.5, 0.6) is 5.75 Å². The molecule has 202 valence electrons. The molecule has 2 aromatic carbocycles. The fourth-order valence-corrected chi connectivity index (χ4v) is 5.70. The average Bonchev–Trinajstić information content (AvgIpc) is 3.34. The SMILES string of the molecule is CC[C@@H]([C@H](C)OCc1ccccc1)n1ncn([C@@H]2C=C[C@@H](N3CCN(c4ccc(O)cc4)CC3)CC2)c1=O. The first kappa shape index (κ1) is 26.3. The normalized spacial score (nSPS) is 21.9. The molecule has 8 heteroatoms. The Hall–Kier alpha value is -3.36. The summed E-state index contributed by atoms with van der Waals surface area (Å²) in [4.78, 5) is 18.3. The Bertz CT molecular complexity index is 1240. The van der Waals surface area contributed by atoms with Gasteiger partial charge in [0.25, 0.3) is 0 Å². The van der Waals surface area contributed by atoms with Gasteiger partial charge in [-0.15, -0.1) is 0 Å². The number of hydrogen-bond donors (Lipinski definition) is 1. The quantitative estimate of drug-likeness (QED) is 0.425. The van der Waals surface area contributed by atoms with E-state index >= 15 is 0 Å². The highest BCUT2D eigenvalue weighted by atomic mass is 16.5. The largest absolute Gasteiger partial charge is 0.508 e. The molecule has 0 bridgehead atoms. The van der Waals surface area contributed by atoms with Crippen molar-refractivity contribution in [2.24, 2.45) is 0 Å². The lowest BCUT2D eigenvalue weighted by molar-refractivity contribution is 0.0116. The molecule has 1 fully saturated rings. The first-order valence-electron chi connectivity index (χ1n) is 13.8. The van der Waals surface area contributed by atoms with Crippen LogP contribution in [0.2, 0.25) is 0 Å². The van der Waals surface area contributed by atoms with Gasteiger partial charge in [-0.3, -0.25) is 9.47 Å². The number of aromatic hydroxyl groups is 1. The van der Waals surface area contributed by atoms with Crippen LogP contribution < -0.4 is 10.6 Å². The first-order chi connectivity index (χ1) is 18.5. The van der Waals surface area contributed by atoms with Crippen molar-refractivity contribution >= 4 is 5.69 Å². The number of piperazine rings is 1. The van der Waals surface area contributed by atoms with Crippen molar-refractivity contribution in [2.45, 2.75) is 63.9 Å². The van der Waals surface area contributed by atoms with Gasteiger partial charge in [0.05, 0.1) is 24.8 Å². The van der Waals surface area contributed by atoms with E-state index in [1.54, 1.807) is 27.7 Å². The molecule has 1 aliphatic heterocycles. The van der Waals surface area contributed by atoms with Crippen molar-refractivity contribution in [2.75, 3.05) is 31.1 Å². The lowest BCUT2D eigenvalue weighted by Crippen LogP contribution is -2.50. The predicted octanol–water partition coefficient (Wildman–Crippen LogP) is 4.39. The second kappa shape index (κ2) is 12.0. The Morgan fingerprint density at radius 3 is 2.32 bits per heavy atom. The number of nitrogens with zero attached hydrogens (tertiary/aromatic N) is 5. The molecule has 0 saturated carbocycles. The van der Waals surface area contributed by atoms with Gasteiger partial charge in [0.2, 0.25) is 0 Å². The Morgan fingerprint density at radius 1 is 0.974 bits per heavy atom. The Balaban J connectivity index is 1.17. The number of anilines is 1. The van der Waals surface area contributed by atoms with E-state index in [0.717, 1.165) is 56.7 Å². The number of phenols is 1. The van der Waals surface area contributed by atoms with Crippen LogP contribution in [-0.4, -0.2) is 62.7 Å². The molecule has 1 N–H and O–H groups in total. The standard InChI is InChI=1S/C30H39N5O3/c1-3-29(23(2)38-21-24-7-5-4-6-8-24)35-30(37)34(22-31-35)27-11-9-25(10-12-27)32-17-19-33(20-18-32)26-13-15-28(36)16-14-26/h4-9,11,13-16,22-23,25,27,29,36H,3,10,12,17-21H2,1-2H3/t23-,25+,27+,29-/m0/s1. The molecule has 1 aromatic heterocycles. The lowest BCUT2D eigenvalue weighted by atomic mass is 9.96. The summed E-state index contributed by atoms with van der Waals surface area (Å²) >= 11 is 0. The number of rotatable bonds is 9. The van der Waals surface area contributed by atoms with E-state index in [1.165, 1.54) is 0 Å². The van der Waals surface area contributed by atoms with Crippen molar-refractivity contribution < 1.29 is 9.84 Å². The monoisotopic (exact) mass is 517 g/mol. The molecule has 2 heterocycles. The smallest absolute Gasteiger partial charge is 0.346 e.